The molecule has 1 aromatic rings. The predicted molar refractivity (Wildman–Crippen MR) is 90.6 cm³/mol. The molecule has 0 aromatic heterocycles. The molecule has 128 valence electrons. The first-order chi connectivity index (χ1) is 11.3. The molecule has 0 bridgehead atoms. The maximum atomic E-state index is 5.77. The molecule has 1 fully saturated rings. The fraction of sp³-hybridized carbons (Fsp3) is 0.667. The first-order valence-electron chi connectivity index (χ1n) is 8.56. The largest absolute Gasteiger partial charge is 0.493 e. The summed E-state index contributed by atoms with van der Waals surface area (Å²) in [6.45, 7) is 4.11. The van der Waals surface area contributed by atoms with E-state index in [9.17, 15) is 0 Å². The summed E-state index contributed by atoms with van der Waals surface area (Å²) < 4.78 is 16.9. The maximum Gasteiger partial charge on any atom is 0.203 e. The molecule has 0 unspecified atom stereocenters. The van der Waals surface area contributed by atoms with Crippen molar-refractivity contribution in [2.24, 2.45) is 0 Å². The van der Waals surface area contributed by atoms with Crippen LogP contribution in [0.1, 0.15) is 42.9 Å². The monoisotopic (exact) mass is 320 g/mol. The van der Waals surface area contributed by atoms with Gasteiger partial charge in [0.05, 0.1) is 27.4 Å². The van der Waals surface area contributed by atoms with E-state index >= 15 is 0 Å². The minimum atomic E-state index is 0.339. The van der Waals surface area contributed by atoms with Crippen molar-refractivity contribution in [2.75, 3.05) is 41.0 Å². The maximum absolute atomic E-state index is 5.77. The number of rotatable bonds is 4. The zero-order valence-electron chi connectivity index (χ0n) is 14.5. The molecule has 5 nitrogen and oxygen atoms in total. The van der Waals surface area contributed by atoms with E-state index in [0.29, 0.717) is 11.8 Å². The van der Waals surface area contributed by atoms with Crippen LogP contribution in [-0.4, -0.2) is 45.9 Å². The zero-order chi connectivity index (χ0) is 16.2. The minimum absolute atomic E-state index is 0.339. The van der Waals surface area contributed by atoms with Crippen LogP contribution in [0.4, 0.5) is 0 Å². The number of hydrogen-bond acceptors (Lipinski definition) is 5. The first kappa shape index (κ1) is 16.4. The Morgan fingerprint density at radius 3 is 2.26 bits per heavy atom. The highest BCUT2D eigenvalue weighted by Crippen LogP contribution is 2.46. The fourth-order valence-corrected chi connectivity index (χ4v) is 3.90. The Morgan fingerprint density at radius 2 is 1.65 bits per heavy atom. The molecule has 0 radical (unpaired) electrons. The number of nitrogens with zero attached hydrogens (tertiary/aromatic N) is 1. The Kier molecular flexibility index (Phi) is 5.28. The van der Waals surface area contributed by atoms with Crippen molar-refractivity contribution < 1.29 is 14.2 Å². The van der Waals surface area contributed by atoms with Gasteiger partial charge in [0, 0.05) is 18.7 Å². The molecule has 1 aromatic carbocycles. The highest BCUT2D eigenvalue weighted by molar-refractivity contribution is 5.60. The van der Waals surface area contributed by atoms with Crippen molar-refractivity contribution in [1.29, 1.82) is 0 Å². The Hall–Kier alpha value is -1.46. The summed E-state index contributed by atoms with van der Waals surface area (Å²) >= 11 is 0. The summed E-state index contributed by atoms with van der Waals surface area (Å²) in [5.74, 6) is 2.27. The number of ether oxygens (including phenoxy) is 3. The molecule has 23 heavy (non-hydrogen) atoms. The topological polar surface area (TPSA) is 43.0 Å². The lowest BCUT2D eigenvalue weighted by Gasteiger charge is -2.37. The van der Waals surface area contributed by atoms with E-state index in [1.807, 2.05) is 0 Å². The third kappa shape index (κ3) is 3.12. The first-order valence-corrected chi connectivity index (χ1v) is 8.56. The van der Waals surface area contributed by atoms with Gasteiger partial charge in [0.2, 0.25) is 5.75 Å². The minimum Gasteiger partial charge on any atom is -0.493 e. The van der Waals surface area contributed by atoms with Gasteiger partial charge < -0.3 is 19.5 Å². The van der Waals surface area contributed by atoms with Crippen molar-refractivity contribution in [1.82, 2.24) is 10.2 Å². The molecule has 2 heterocycles. The summed E-state index contributed by atoms with van der Waals surface area (Å²) in [6.07, 6.45) is 5.24. The van der Waals surface area contributed by atoms with E-state index in [2.05, 4.69) is 16.3 Å². The smallest absolute Gasteiger partial charge is 0.203 e. The number of nitrogens with one attached hydrogen (secondary N) is 1. The quantitative estimate of drug-likeness (QED) is 0.924. The molecule has 0 spiro atoms. The van der Waals surface area contributed by atoms with Gasteiger partial charge in [-0.1, -0.05) is 12.8 Å². The molecular weight excluding hydrogens is 292 g/mol. The van der Waals surface area contributed by atoms with Gasteiger partial charge in [0.15, 0.2) is 11.5 Å². The Labute approximate surface area is 138 Å². The second-order valence-electron chi connectivity index (χ2n) is 6.32. The highest BCUT2D eigenvalue weighted by atomic mass is 16.5. The van der Waals surface area contributed by atoms with Crippen LogP contribution in [0.3, 0.4) is 0 Å². The standard InChI is InChI=1S/C18H28N2O3/c1-21-15-10-13-11-19-12-14(20-8-6-4-5-7-9-20)16(13)18(23-3)17(15)22-2/h10,14,19H,4-9,11-12H2,1-3H3/t14-/m0/s1. The van der Waals surface area contributed by atoms with E-state index in [0.717, 1.165) is 37.7 Å². The van der Waals surface area contributed by atoms with Crippen LogP contribution < -0.4 is 19.5 Å². The number of likely N-dealkylation sites (tertiary alicyclic amines) is 1. The molecule has 0 aliphatic carbocycles. The summed E-state index contributed by atoms with van der Waals surface area (Å²) in [4.78, 5) is 2.60. The third-order valence-electron chi connectivity index (χ3n) is 5.02. The second kappa shape index (κ2) is 7.41. The van der Waals surface area contributed by atoms with E-state index < -0.39 is 0 Å². The van der Waals surface area contributed by atoms with Crippen molar-refractivity contribution in [3.63, 3.8) is 0 Å². The van der Waals surface area contributed by atoms with Crippen LogP contribution in [0, 0.1) is 0 Å². The van der Waals surface area contributed by atoms with Crippen LogP contribution in [0.2, 0.25) is 0 Å². The van der Waals surface area contributed by atoms with E-state index in [-0.39, 0.29) is 0 Å². The Bertz CT molecular complexity index is 540. The van der Waals surface area contributed by atoms with E-state index in [1.54, 1.807) is 21.3 Å². The molecule has 1 atom stereocenters. The lowest BCUT2D eigenvalue weighted by molar-refractivity contribution is 0.186. The number of methoxy groups -OCH3 is 3. The number of hydrogen-bond donors (Lipinski definition) is 1. The lowest BCUT2D eigenvalue weighted by Crippen LogP contribution is -2.40. The van der Waals surface area contributed by atoms with Gasteiger partial charge in [-0.25, -0.2) is 0 Å². The molecule has 2 aliphatic heterocycles. The molecule has 5 heteroatoms. The van der Waals surface area contributed by atoms with Gasteiger partial charge in [0.25, 0.3) is 0 Å². The average molecular weight is 320 g/mol. The molecule has 0 amide bonds. The van der Waals surface area contributed by atoms with Gasteiger partial charge in [-0.2, -0.15) is 0 Å². The highest BCUT2D eigenvalue weighted by Gasteiger charge is 2.32. The van der Waals surface area contributed by atoms with E-state index in [4.69, 9.17) is 14.2 Å². The second-order valence-corrected chi connectivity index (χ2v) is 6.32. The number of fused-ring (bicyclic) bond motifs is 1. The lowest BCUT2D eigenvalue weighted by atomic mass is 9.93. The van der Waals surface area contributed by atoms with Crippen molar-refractivity contribution in [3.8, 4) is 17.2 Å². The Balaban J connectivity index is 2.05. The van der Waals surface area contributed by atoms with Crippen LogP contribution in [-0.2, 0) is 6.54 Å². The van der Waals surface area contributed by atoms with E-state index in [1.165, 1.54) is 36.8 Å². The molecule has 1 N–H and O–H groups in total. The average Bonchev–Trinajstić information content (AvgIpc) is 2.88. The molecule has 3 rings (SSSR count). The Morgan fingerprint density at radius 1 is 0.957 bits per heavy atom. The summed E-state index contributed by atoms with van der Waals surface area (Å²) in [6, 6.07) is 2.43. The van der Waals surface area contributed by atoms with Gasteiger partial charge >= 0.3 is 0 Å². The summed E-state index contributed by atoms with van der Waals surface area (Å²) in [5.41, 5.74) is 2.52. The summed E-state index contributed by atoms with van der Waals surface area (Å²) in [7, 11) is 5.07. The summed E-state index contributed by atoms with van der Waals surface area (Å²) in [5, 5.41) is 3.56. The molecular formula is C18H28N2O3. The fourth-order valence-electron chi connectivity index (χ4n) is 3.90. The van der Waals surface area contributed by atoms with Gasteiger partial charge in [-0.05, 0) is 37.6 Å². The predicted octanol–water partition coefficient (Wildman–Crippen LogP) is 2.73. The van der Waals surface area contributed by atoms with Crippen LogP contribution in [0.5, 0.6) is 17.2 Å². The van der Waals surface area contributed by atoms with Crippen LogP contribution in [0.15, 0.2) is 6.07 Å². The molecule has 1 saturated heterocycles. The van der Waals surface area contributed by atoms with Crippen LogP contribution >= 0.6 is 0 Å². The SMILES string of the molecule is COc1cc2c(c(OC)c1OC)[C@@H](N1CCCCCC1)CNC2. The van der Waals surface area contributed by atoms with Gasteiger partial charge in [0.1, 0.15) is 0 Å². The normalized spacial score (nSPS) is 22.1. The van der Waals surface area contributed by atoms with Crippen molar-refractivity contribution in [3.05, 3.63) is 17.2 Å². The molecule has 2 aliphatic rings. The third-order valence-corrected chi connectivity index (χ3v) is 5.02. The zero-order valence-corrected chi connectivity index (χ0v) is 14.5. The van der Waals surface area contributed by atoms with Crippen LogP contribution in [0.25, 0.3) is 0 Å². The number of benzene rings is 1. The molecule has 0 saturated carbocycles. The van der Waals surface area contributed by atoms with Gasteiger partial charge in [-0.3, -0.25) is 4.90 Å². The van der Waals surface area contributed by atoms with Crippen molar-refractivity contribution >= 4 is 0 Å². The van der Waals surface area contributed by atoms with Gasteiger partial charge in [-0.15, -0.1) is 0 Å². The van der Waals surface area contributed by atoms with Crippen molar-refractivity contribution in [2.45, 2.75) is 38.3 Å².